The lowest BCUT2D eigenvalue weighted by atomic mass is 9.99. The van der Waals surface area contributed by atoms with Crippen molar-refractivity contribution in [2.45, 2.75) is 40.2 Å². The zero-order valence-corrected chi connectivity index (χ0v) is 19.1. The third-order valence-corrected chi connectivity index (χ3v) is 5.68. The van der Waals surface area contributed by atoms with Gasteiger partial charge in [-0.25, -0.2) is 9.78 Å². The van der Waals surface area contributed by atoms with Crippen molar-refractivity contribution >= 4 is 28.6 Å². The number of anilines is 1. The standard InChI is InChI=1S/C27H27N3O3/c1-4-7-25-29-26-17(2)14-21(28-18(3)31)15-24(26)30(25)16-19-10-12-20(13-11-19)22-8-5-6-9-23(22)27(32)33/h5-6,8-15H,4,7,16H2,1-3H3,(H,28,31)(H,32,33). The Morgan fingerprint density at radius 2 is 1.79 bits per heavy atom. The second-order valence-electron chi connectivity index (χ2n) is 8.25. The SMILES string of the molecule is CCCc1nc2c(C)cc(NC(C)=O)cc2n1Cc1ccc(-c2ccccc2C(=O)O)cc1. The van der Waals surface area contributed by atoms with Gasteiger partial charge in [0.2, 0.25) is 5.91 Å². The van der Waals surface area contributed by atoms with Gasteiger partial charge in [-0.1, -0.05) is 49.4 Å². The number of rotatable bonds is 7. The number of hydrogen-bond acceptors (Lipinski definition) is 3. The van der Waals surface area contributed by atoms with E-state index < -0.39 is 5.97 Å². The predicted molar refractivity (Wildman–Crippen MR) is 131 cm³/mol. The van der Waals surface area contributed by atoms with E-state index in [2.05, 4.69) is 16.8 Å². The van der Waals surface area contributed by atoms with Crippen LogP contribution in [-0.2, 0) is 17.8 Å². The van der Waals surface area contributed by atoms with Crippen molar-refractivity contribution < 1.29 is 14.7 Å². The number of nitrogens with one attached hydrogen (secondary N) is 1. The van der Waals surface area contributed by atoms with Gasteiger partial charge >= 0.3 is 5.97 Å². The van der Waals surface area contributed by atoms with Crippen LogP contribution in [0.5, 0.6) is 0 Å². The molecule has 2 N–H and O–H groups in total. The zero-order chi connectivity index (χ0) is 23.5. The topological polar surface area (TPSA) is 84.2 Å². The number of carboxylic acid groups (broad SMARTS) is 1. The maximum absolute atomic E-state index is 11.6. The highest BCUT2D eigenvalue weighted by molar-refractivity contribution is 5.96. The molecule has 1 amide bonds. The first-order valence-electron chi connectivity index (χ1n) is 11.1. The summed E-state index contributed by atoms with van der Waals surface area (Å²) in [6.45, 7) is 6.28. The second-order valence-corrected chi connectivity index (χ2v) is 8.25. The van der Waals surface area contributed by atoms with E-state index in [1.165, 1.54) is 6.92 Å². The molecule has 0 bridgehead atoms. The summed E-state index contributed by atoms with van der Waals surface area (Å²) in [7, 11) is 0. The lowest BCUT2D eigenvalue weighted by molar-refractivity contribution is -0.114. The van der Waals surface area contributed by atoms with E-state index in [9.17, 15) is 14.7 Å². The van der Waals surface area contributed by atoms with Crippen molar-refractivity contribution in [3.63, 3.8) is 0 Å². The van der Waals surface area contributed by atoms with Crippen LogP contribution in [0.25, 0.3) is 22.2 Å². The molecule has 1 heterocycles. The Morgan fingerprint density at radius 3 is 2.45 bits per heavy atom. The van der Waals surface area contributed by atoms with Crippen LogP contribution in [-0.4, -0.2) is 26.5 Å². The van der Waals surface area contributed by atoms with Crippen LogP contribution < -0.4 is 5.32 Å². The largest absolute Gasteiger partial charge is 0.478 e. The van der Waals surface area contributed by atoms with E-state index in [0.29, 0.717) is 12.1 Å². The number of imidazole rings is 1. The number of carboxylic acids is 1. The molecule has 0 aliphatic carbocycles. The molecular formula is C27H27N3O3. The molecule has 4 rings (SSSR count). The first kappa shape index (κ1) is 22.3. The molecule has 1 aromatic heterocycles. The monoisotopic (exact) mass is 441 g/mol. The Labute approximate surface area is 192 Å². The van der Waals surface area contributed by atoms with Gasteiger partial charge in [0.25, 0.3) is 0 Å². The normalized spacial score (nSPS) is 11.0. The lowest BCUT2D eigenvalue weighted by Crippen LogP contribution is -2.07. The van der Waals surface area contributed by atoms with E-state index >= 15 is 0 Å². The summed E-state index contributed by atoms with van der Waals surface area (Å²) < 4.78 is 2.21. The molecular weight excluding hydrogens is 414 g/mol. The summed E-state index contributed by atoms with van der Waals surface area (Å²) in [5.74, 6) is -0.0317. The average molecular weight is 442 g/mol. The van der Waals surface area contributed by atoms with Crippen LogP contribution in [0, 0.1) is 6.92 Å². The minimum absolute atomic E-state index is 0.106. The van der Waals surface area contributed by atoms with Crippen molar-refractivity contribution in [2.75, 3.05) is 5.32 Å². The van der Waals surface area contributed by atoms with Gasteiger partial charge in [-0.3, -0.25) is 4.79 Å². The molecule has 3 aromatic carbocycles. The Hall–Kier alpha value is -3.93. The molecule has 0 radical (unpaired) electrons. The van der Waals surface area contributed by atoms with Gasteiger partial charge in [0.1, 0.15) is 5.82 Å². The van der Waals surface area contributed by atoms with Gasteiger partial charge in [0, 0.05) is 25.6 Å². The molecule has 0 aliphatic rings. The van der Waals surface area contributed by atoms with Gasteiger partial charge in [-0.15, -0.1) is 0 Å². The number of carbonyl (C=O) groups is 2. The molecule has 6 heteroatoms. The lowest BCUT2D eigenvalue weighted by Gasteiger charge is -2.12. The Balaban J connectivity index is 1.72. The molecule has 0 saturated heterocycles. The van der Waals surface area contributed by atoms with Gasteiger partial charge in [0.15, 0.2) is 0 Å². The van der Waals surface area contributed by atoms with Gasteiger partial charge in [0.05, 0.1) is 16.6 Å². The maximum Gasteiger partial charge on any atom is 0.336 e. The number of aryl methyl sites for hydroxylation is 2. The molecule has 0 atom stereocenters. The van der Waals surface area contributed by atoms with Gasteiger partial charge in [-0.2, -0.15) is 0 Å². The van der Waals surface area contributed by atoms with Crippen molar-refractivity contribution in [3.8, 4) is 11.1 Å². The van der Waals surface area contributed by atoms with Crippen LogP contribution in [0.15, 0.2) is 60.7 Å². The molecule has 0 unspecified atom stereocenters. The molecule has 0 spiro atoms. The highest BCUT2D eigenvalue weighted by Gasteiger charge is 2.15. The van der Waals surface area contributed by atoms with Crippen LogP contribution in [0.1, 0.15) is 47.6 Å². The third-order valence-electron chi connectivity index (χ3n) is 5.68. The third kappa shape index (κ3) is 4.65. The Bertz CT molecular complexity index is 1340. The van der Waals surface area contributed by atoms with Crippen LogP contribution >= 0.6 is 0 Å². The fourth-order valence-corrected chi connectivity index (χ4v) is 4.20. The molecule has 33 heavy (non-hydrogen) atoms. The number of hydrogen-bond donors (Lipinski definition) is 2. The second kappa shape index (κ2) is 9.28. The number of nitrogens with zero attached hydrogens (tertiary/aromatic N) is 2. The van der Waals surface area contributed by atoms with E-state index in [1.807, 2.05) is 55.5 Å². The van der Waals surface area contributed by atoms with Gasteiger partial charge < -0.3 is 15.0 Å². The average Bonchev–Trinajstić information content (AvgIpc) is 3.12. The number of fused-ring (bicyclic) bond motifs is 1. The first-order valence-corrected chi connectivity index (χ1v) is 11.1. The number of benzene rings is 3. The van der Waals surface area contributed by atoms with Crippen molar-refractivity contribution in [3.05, 3.63) is 83.2 Å². The van der Waals surface area contributed by atoms with Crippen LogP contribution in [0.3, 0.4) is 0 Å². The fourth-order valence-electron chi connectivity index (χ4n) is 4.20. The van der Waals surface area contributed by atoms with E-state index in [-0.39, 0.29) is 11.5 Å². The Kier molecular flexibility index (Phi) is 6.27. The summed E-state index contributed by atoms with van der Waals surface area (Å²) in [5.41, 5.74) is 6.66. The minimum atomic E-state index is -0.936. The highest BCUT2D eigenvalue weighted by Crippen LogP contribution is 2.28. The van der Waals surface area contributed by atoms with E-state index in [1.54, 1.807) is 12.1 Å². The molecule has 6 nitrogen and oxygen atoms in total. The van der Waals surface area contributed by atoms with Crippen molar-refractivity contribution in [1.82, 2.24) is 9.55 Å². The zero-order valence-electron chi connectivity index (χ0n) is 19.1. The number of aromatic nitrogens is 2. The molecule has 168 valence electrons. The van der Waals surface area contributed by atoms with E-state index in [0.717, 1.165) is 52.1 Å². The predicted octanol–water partition coefficient (Wildman–Crippen LogP) is 5.67. The number of amides is 1. The molecule has 0 fully saturated rings. The summed E-state index contributed by atoms with van der Waals surface area (Å²) in [5, 5.41) is 12.4. The van der Waals surface area contributed by atoms with Crippen LogP contribution in [0.4, 0.5) is 5.69 Å². The van der Waals surface area contributed by atoms with Crippen LogP contribution in [0.2, 0.25) is 0 Å². The van der Waals surface area contributed by atoms with E-state index in [4.69, 9.17) is 4.98 Å². The molecule has 0 aliphatic heterocycles. The highest BCUT2D eigenvalue weighted by atomic mass is 16.4. The first-order chi connectivity index (χ1) is 15.9. The molecule has 4 aromatic rings. The number of aromatic carboxylic acids is 1. The maximum atomic E-state index is 11.6. The summed E-state index contributed by atoms with van der Waals surface area (Å²) in [6, 6.07) is 18.9. The summed E-state index contributed by atoms with van der Waals surface area (Å²) in [4.78, 5) is 28.1. The summed E-state index contributed by atoms with van der Waals surface area (Å²) >= 11 is 0. The quantitative estimate of drug-likeness (QED) is 0.387. The molecule has 0 saturated carbocycles. The Morgan fingerprint density at radius 1 is 1.06 bits per heavy atom. The number of carbonyl (C=O) groups excluding carboxylic acids is 1. The minimum Gasteiger partial charge on any atom is -0.478 e. The van der Waals surface area contributed by atoms with Crippen molar-refractivity contribution in [1.29, 1.82) is 0 Å². The van der Waals surface area contributed by atoms with Crippen molar-refractivity contribution in [2.24, 2.45) is 0 Å². The summed E-state index contributed by atoms with van der Waals surface area (Å²) in [6.07, 6.45) is 1.83. The fraction of sp³-hybridized carbons (Fsp3) is 0.222. The smallest absolute Gasteiger partial charge is 0.336 e. The van der Waals surface area contributed by atoms with Gasteiger partial charge in [-0.05, 0) is 53.8 Å².